The van der Waals surface area contributed by atoms with E-state index in [1.54, 1.807) is 4.90 Å². The molecule has 132 valence electrons. The van der Waals surface area contributed by atoms with E-state index in [-0.39, 0.29) is 43.3 Å². The lowest BCUT2D eigenvalue weighted by atomic mass is 9.81. The summed E-state index contributed by atoms with van der Waals surface area (Å²) in [6, 6.07) is -0.00941. The fourth-order valence-corrected chi connectivity index (χ4v) is 4.04. The van der Waals surface area contributed by atoms with Crippen LogP contribution in [0.4, 0.5) is 13.2 Å². The van der Waals surface area contributed by atoms with Crippen molar-refractivity contribution in [2.45, 2.75) is 57.0 Å². The summed E-state index contributed by atoms with van der Waals surface area (Å²) < 4.78 is 39.7. The predicted molar refractivity (Wildman–Crippen MR) is 76.2 cm³/mol. The molecule has 3 unspecified atom stereocenters. The molecule has 1 aromatic rings. The first-order chi connectivity index (χ1) is 11.4. The monoisotopic (exact) mass is 344 g/mol. The molecule has 1 saturated heterocycles. The third kappa shape index (κ3) is 2.57. The molecule has 1 aromatic heterocycles. The molecule has 2 aliphatic heterocycles. The van der Waals surface area contributed by atoms with Gasteiger partial charge < -0.3 is 9.47 Å². The molecule has 2 fully saturated rings. The minimum absolute atomic E-state index is 0.0666. The minimum atomic E-state index is -4.52. The van der Waals surface area contributed by atoms with Gasteiger partial charge in [-0.05, 0) is 12.8 Å². The van der Waals surface area contributed by atoms with Crippen molar-refractivity contribution in [2.24, 2.45) is 5.92 Å². The number of hydrogen-bond donors (Lipinski definition) is 2. The average Bonchev–Trinajstić information content (AvgIpc) is 3.17. The van der Waals surface area contributed by atoms with Crippen LogP contribution in [0.5, 0.6) is 0 Å². The Hall–Kier alpha value is -1.68. The first-order valence-electron chi connectivity index (χ1n) is 8.24. The van der Waals surface area contributed by atoms with Crippen LogP contribution in [0.25, 0.3) is 0 Å². The van der Waals surface area contributed by atoms with Gasteiger partial charge in [0.2, 0.25) is 11.7 Å². The summed E-state index contributed by atoms with van der Waals surface area (Å²) in [6.07, 6.45) is -0.223. The zero-order valence-corrected chi connectivity index (χ0v) is 13.0. The van der Waals surface area contributed by atoms with Crippen LogP contribution < -0.4 is 10.9 Å². The van der Waals surface area contributed by atoms with Crippen molar-refractivity contribution in [1.29, 1.82) is 0 Å². The van der Waals surface area contributed by atoms with E-state index in [0.717, 1.165) is 30.3 Å². The van der Waals surface area contributed by atoms with E-state index in [9.17, 15) is 18.0 Å². The Morgan fingerprint density at radius 2 is 1.92 bits per heavy atom. The van der Waals surface area contributed by atoms with Crippen molar-refractivity contribution in [2.75, 3.05) is 6.54 Å². The Kier molecular flexibility index (Phi) is 3.75. The number of hydrazine groups is 1. The number of carbonyl (C=O) groups excluding carboxylic acids is 1. The first kappa shape index (κ1) is 15.8. The third-order valence-electron chi connectivity index (χ3n) is 5.26. The number of fused-ring (bicyclic) bond motifs is 2. The third-order valence-corrected chi connectivity index (χ3v) is 5.26. The van der Waals surface area contributed by atoms with Gasteiger partial charge in [-0.25, -0.2) is 5.43 Å². The molecule has 0 bridgehead atoms. The van der Waals surface area contributed by atoms with E-state index in [2.05, 4.69) is 21.0 Å². The van der Waals surface area contributed by atoms with E-state index < -0.39 is 12.0 Å². The van der Waals surface area contributed by atoms with Gasteiger partial charge in [0.25, 0.3) is 0 Å². The molecule has 24 heavy (non-hydrogen) atoms. The van der Waals surface area contributed by atoms with E-state index in [4.69, 9.17) is 0 Å². The second kappa shape index (κ2) is 5.69. The van der Waals surface area contributed by atoms with Crippen LogP contribution in [-0.2, 0) is 24.1 Å². The second-order valence-corrected chi connectivity index (χ2v) is 6.67. The van der Waals surface area contributed by atoms with Gasteiger partial charge in [0.05, 0.1) is 6.54 Å². The van der Waals surface area contributed by atoms with Gasteiger partial charge in [-0.2, -0.15) is 13.2 Å². The van der Waals surface area contributed by atoms with Crippen LogP contribution in [0.2, 0.25) is 0 Å². The highest BCUT2D eigenvalue weighted by atomic mass is 19.4. The number of amides is 1. The summed E-state index contributed by atoms with van der Waals surface area (Å²) in [5.41, 5.74) is 6.28. The molecule has 0 spiro atoms. The highest BCUT2D eigenvalue weighted by molar-refractivity contribution is 5.82. The minimum Gasteiger partial charge on any atom is -0.332 e. The largest absolute Gasteiger partial charge is 0.451 e. The number of alkyl halides is 3. The number of hydrogen-bond acceptors (Lipinski definition) is 5. The van der Waals surface area contributed by atoms with Crippen molar-refractivity contribution in [3.05, 3.63) is 11.6 Å². The highest BCUT2D eigenvalue weighted by Gasteiger charge is 2.44. The van der Waals surface area contributed by atoms with E-state index in [1.807, 2.05) is 0 Å². The highest BCUT2D eigenvalue weighted by Crippen LogP contribution is 2.32. The Morgan fingerprint density at radius 3 is 2.71 bits per heavy atom. The molecule has 4 rings (SSSR count). The molecule has 3 aliphatic rings. The summed E-state index contributed by atoms with van der Waals surface area (Å²) in [5.74, 6) is -0.623. The molecule has 1 aliphatic carbocycles. The number of carbonyl (C=O) groups is 1. The lowest BCUT2D eigenvalue weighted by Crippen LogP contribution is -2.50. The van der Waals surface area contributed by atoms with Crippen molar-refractivity contribution in [3.8, 4) is 0 Å². The maximum atomic E-state index is 12.9. The summed E-state index contributed by atoms with van der Waals surface area (Å²) in [4.78, 5) is 14.4. The molecule has 7 nitrogen and oxygen atoms in total. The van der Waals surface area contributed by atoms with E-state index in [1.165, 1.54) is 0 Å². The molecule has 0 aromatic carbocycles. The fraction of sp³-hybridized carbons (Fsp3) is 0.786. The number of aromatic nitrogens is 3. The smallest absolute Gasteiger partial charge is 0.332 e. The number of halogens is 3. The standard InChI is InChI=1S/C14H19F3N6O/c15-14(16,17)13-21-19-10-7-22(5-6-23(10)13)12(24)11-8-3-1-2-4-9(8)18-20-11/h8-9,11,18,20H,1-7H2. The van der Waals surface area contributed by atoms with Crippen molar-refractivity contribution < 1.29 is 18.0 Å². The molecular formula is C14H19F3N6O. The molecule has 3 atom stereocenters. The zero-order chi connectivity index (χ0) is 16.9. The molecule has 0 radical (unpaired) electrons. The Balaban J connectivity index is 1.49. The average molecular weight is 344 g/mol. The summed E-state index contributed by atoms with van der Waals surface area (Å²) in [7, 11) is 0. The van der Waals surface area contributed by atoms with Gasteiger partial charge in [-0.1, -0.05) is 12.8 Å². The van der Waals surface area contributed by atoms with E-state index in [0.29, 0.717) is 6.04 Å². The van der Waals surface area contributed by atoms with Gasteiger partial charge in [0, 0.05) is 25.0 Å². The zero-order valence-electron chi connectivity index (χ0n) is 13.0. The Bertz CT molecular complexity index is 645. The number of nitrogens with zero attached hydrogens (tertiary/aromatic N) is 4. The SMILES string of the molecule is O=C(C1NNC2CCCCC21)N1CCn2c(nnc2C(F)(F)F)C1. The van der Waals surface area contributed by atoms with Crippen LogP contribution in [0.3, 0.4) is 0 Å². The lowest BCUT2D eigenvalue weighted by molar-refractivity contribution is -0.148. The maximum absolute atomic E-state index is 12.9. The van der Waals surface area contributed by atoms with Crippen LogP contribution in [0.1, 0.15) is 37.3 Å². The van der Waals surface area contributed by atoms with Crippen LogP contribution in [0, 0.1) is 5.92 Å². The van der Waals surface area contributed by atoms with Crippen LogP contribution in [-0.4, -0.2) is 44.2 Å². The van der Waals surface area contributed by atoms with E-state index >= 15 is 0 Å². The molecular weight excluding hydrogens is 325 g/mol. The van der Waals surface area contributed by atoms with Crippen molar-refractivity contribution in [1.82, 2.24) is 30.5 Å². The lowest BCUT2D eigenvalue weighted by Gasteiger charge is -2.33. The van der Waals surface area contributed by atoms with Gasteiger partial charge in [-0.15, -0.1) is 10.2 Å². The summed E-state index contributed by atoms with van der Waals surface area (Å²) in [5, 5.41) is 6.87. The Morgan fingerprint density at radius 1 is 1.12 bits per heavy atom. The van der Waals surface area contributed by atoms with Crippen molar-refractivity contribution in [3.63, 3.8) is 0 Å². The molecule has 1 saturated carbocycles. The summed E-state index contributed by atoms with van der Waals surface area (Å²) in [6.45, 7) is 0.372. The van der Waals surface area contributed by atoms with Crippen LogP contribution in [0.15, 0.2) is 0 Å². The predicted octanol–water partition coefficient (Wildman–Crippen LogP) is 0.674. The molecule has 2 N–H and O–H groups in total. The molecule has 1 amide bonds. The van der Waals surface area contributed by atoms with Gasteiger partial charge in [0.1, 0.15) is 6.04 Å². The van der Waals surface area contributed by atoms with Gasteiger partial charge >= 0.3 is 6.18 Å². The number of nitrogens with one attached hydrogen (secondary N) is 2. The number of rotatable bonds is 1. The quantitative estimate of drug-likeness (QED) is 0.783. The molecule has 10 heteroatoms. The van der Waals surface area contributed by atoms with Gasteiger partial charge in [0.15, 0.2) is 5.82 Å². The van der Waals surface area contributed by atoms with Gasteiger partial charge in [-0.3, -0.25) is 10.2 Å². The maximum Gasteiger partial charge on any atom is 0.451 e. The molecule has 3 heterocycles. The Labute approximate surface area is 136 Å². The van der Waals surface area contributed by atoms with Crippen LogP contribution >= 0.6 is 0 Å². The van der Waals surface area contributed by atoms with Crippen molar-refractivity contribution >= 4 is 5.91 Å². The first-order valence-corrected chi connectivity index (χ1v) is 8.24. The summed E-state index contributed by atoms with van der Waals surface area (Å²) >= 11 is 0. The second-order valence-electron chi connectivity index (χ2n) is 6.67. The fourth-order valence-electron chi connectivity index (χ4n) is 4.04. The normalized spacial score (nSPS) is 30.1. The topological polar surface area (TPSA) is 75.1 Å².